The van der Waals surface area contributed by atoms with Gasteiger partial charge in [-0.1, -0.05) is 13.0 Å². The van der Waals surface area contributed by atoms with E-state index in [-0.39, 0.29) is 5.69 Å². The van der Waals surface area contributed by atoms with Gasteiger partial charge >= 0.3 is 0 Å². The second-order valence-electron chi connectivity index (χ2n) is 4.52. The third kappa shape index (κ3) is 3.50. The molecule has 0 saturated carbocycles. The Morgan fingerprint density at radius 2 is 2.14 bits per heavy atom. The van der Waals surface area contributed by atoms with E-state index in [1.165, 1.54) is 0 Å². The summed E-state index contributed by atoms with van der Waals surface area (Å²) in [7, 11) is 1.60. The van der Waals surface area contributed by atoms with E-state index in [1.807, 2.05) is 38.1 Å². The highest BCUT2D eigenvalue weighted by Gasteiger charge is 2.12. The number of benzene rings is 1. The smallest absolute Gasteiger partial charge is 0.232 e. The molecule has 0 unspecified atom stereocenters. The topological polar surface area (TPSA) is 80.3 Å². The molecule has 1 N–H and O–H groups in total. The van der Waals surface area contributed by atoms with Crippen molar-refractivity contribution in [2.24, 2.45) is 0 Å². The molecule has 0 bridgehead atoms. The molecule has 1 aromatic heterocycles. The first-order chi connectivity index (χ1) is 10.7. The minimum absolute atomic E-state index is 0.273. The zero-order valence-corrected chi connectivity index (χ0v) is 13.0. The number of oxazole rings is 1. The van der Waals surface area contributed by atoms with Crippen molar-refractivity contribution in [3.8, 4) is 17.6 Å². The van der Waals surface area contributed by atoms with Crippen LogP contribution < -0.4 is 14.8 Å². The van der Waals surface area contributed by atoms with Crippen molar-refractivity contribution in [1.82, 2.24) is 4.98 Å². The second kappa shape index (κ2) is 7.36. The summed E-state index contributed by atoms with van der Waals surface area (Å²) in [6.07, 6.45) is 0.646. The molecule has 0 atom stereocenters. The van der Waals surface area contributed by atoms with E-state index in [1.54, 1.807) is 7.11 Å². The van der Waals surface area contributed by atoms with Crippen LogP contribution in [0.1, 0.15) is 31.0 Å². The summed E-state index contributed by atoms with van der Waals surface area (Å²) in [6, 6.07) is 7.71. The van der Waals surface area contributed by atoms with Crippen LogP contribution in [-0.2, 0) is 13.0 Å². The highest BCUT2D eigenvalue weighted by atomic mass is 16.5. The zero-order valence-electron chi connectivity index (χ0n) is 13.0. The monoisotopic (exact) mass is 301 g/mol. The normalized spacial score (nSPS) is 10.1. The summed E-state index contributed by atoms with van der Waals surface area (Å²) < 4.78 is 16.3. The summed E-state index contributed by atoms with van der Waals surface area (Å²) in [5.41, 5.74) is 1.26. The first-order valence-electron chi connectivity index (χ1n) is 7.15. The van der Waals surface area contributed by atoms with Gasteiger partial charge in [0.1, 0.15) is 6.07 Å². The summed E-state index contributed by atoms with van der Waals surface area (Å²) in [5.74, 6) is 2.32. The van der Waals surface area contributed by atoms with Crippen molar-refractivity contribution in [3.05, 3.63) is 35.3 Å². The van der Waals surface area contributed by atoms with Gasteiger partial charge in [-0.25, -0.2) is 4.98 Å². The minimum atomic E-state index is 0.273. The Bertz CT molecular complexity index is 674. The first kappa shape index (κ1) is 15.7. The SMILES string of the molecule is CCOc1ccc(CNc2oc(CC)nc2C#N)cc1OC. The Labute approximate surface area is 129 Å². The zero-order chi connectivity index (χ0) is 15.9. The Kier molecular flexibility index (Phi) is 5.26. The number of aromatic nitrogens is 1. The van der Waals surface area contributed by atoms with E-state index in [0.29, 0.717) is 42.8 Å². The van der Waals surface area contributed by atoms with E-state index in [0.717, 1.165) is 5.56 Å². The molecule has 116 valence electrons. The summed E-state index contributed by atoms with van der Waals surface area (Å²) in [5, 5.41) is 12.1. The van der Waals surface area contributed by atoms with Crippen LogP contribution in [0.4, 0.5) is 5.88 Å². The predicted octanol–water partition coefficient (Wildman–Crippen LogP) is 3.13. The molecule has 1 heterocycles. The van der Waals surface area contributed by atoms with Crippen LogP contribution in [0.3, 0.4) is 0 Å². The lowest BCUT2D eigenvalue weighted by atomic mass is 10.2. The van der Waals surface area contributed by atoms with E-state index in [2.05, 4.69) is 10.3 Å². The molecule has 6 nitrogen and oxygen atoms in total. The van der Waals surface area contributed by atoms with E-state index >= 15 is 0 Å². The number of anilines is 1. The summed E-state index contributed by atoms with van der Waals surface area (Å²) >= 11 is 0. The Hall–Kier alpha value is -2.68. The van der Waals surface area contributed by atoms with Gasteiger partial charge in [0.25, 0.3) is 0 Å². The fraction of sp³-hybridized carbons (Fsp3) is 0.375. The van der Waals surface area contributed by atoms with Gasteiger partial charge in [0.05, 0.1) is 13.7 Å². The lowest BCUT2D eigenvalue weighted by Gasteiger charge is -2.11. The molecule has 1 aromatic carbocycles. The lowest BCUT2D eigenvalue weighted by Crippen LogP contribution is -2.01. The fourth-order valence-corrected chi connectivity index (χ4v) is 1.99. The average Bonchev–Trinajstić information content (AvgIpc) is 2.96. The molecule has 2 rings (SSSR count). The molecular weight excluding hydrogens is 282 g/mol. The Balaban J connectivity index is 2.11. The number of nitriles is 1. The molecule has 0 radical (unpaired) electrons. The van der Waals surface area contributed by atoms with Crippen molar-refractivity contribution in [1.29, 1.82) is 5.26 Å². The molecule has 22 heavy (non-hydrogen) atoms. The average molecular weight is 301 g/mol. The highest BCUT2D eigenvalue weighted by molar-refractivity contribution is 5.47. The van der Waals surface area contributed by atoms with Crippen molar-refractivity contribution in [2.75, 3.05) is 19.0 Å². The molecular formula is C16H19N3O3. The van der Waals surface area contributed by atoms with Crippen LogP contribution in [-0.4, -0.2) is 18.7 Å². The maximum atomic E-state index is 9.05. The van der Waals surface area contributed by atoms with Crippen LogP contribution in [0.25, 0.3) is 0 Å². The van der Waals surface area contributed by atoms with Gasteiger partial charge in [0, 0.05) is 13.0 Å². The molecule has 0 aliphatic rings. The van der Waals surface area contributed by atoms with Crippen molar-refractivity contribution in [3.63, 3.8) is 0 Å². The summed E-state index contributed by atoms with van der Waals surface area (Å²) in [4.78, 5) is 4.10. The third-order valence-corrected chi connectivity index (χ3v) is 3.06. The number of ether oxygens (including phenoxy) is 2. The molecule has 6 heteroatoms. The first-order valence-corrected chi connectivity index (χ1v) is 7.15. The number of hydrogen-bond acceptors (Lipinski definition) is 6. The van der Waals surface area contributed by atoms with Gasteiger partial charge in [-0.15, -0.1) is 0 Å². The van der Waals surface area contributed by atoms with Crippen LogP contribution in [0.5, 0.6) is 11.5 Å². The number of aryl methyl sites for hydroxylation is 1. The van der Waals surface area contributed by atoms with Gasteiger partial charge in [-0.05, 0) is 24.6 Å². The molecule has 0 aliphatic heterocycles. The molecule has 0 fully saturated rings. The Morgan fingerprint density at radius 1 is 1.32 bits per heavy atom. The maximum absolute atomic E-state index is 9.05. The van der Waals surface area contributed by atoms with E-state index in [4.69, 9.17) is 19.2 Å². The third-order valence-electron chi connectivity index (χ3n) is 3.06. The van der Waals surface area contributed by atoms with Crippen LogP contribution >= 0.6 is 0 Å². The van der Waals surface area contributed by atoms with E-state index < -0.39 is 0 Å². The van der Waals surface area contributed by atoms with Crippen molar-refractivity contribution in [2.45, 2.75) is 26.8 Å². The second-order valence-corrected chi connectivity index (χ2v) is 4.52. The number of nitrogens with zero attached hydrogens (tertiary/aromatic N) is 2. The van der Waals surface area contributed by atoms with Crippen LogP contribution in [0.15, 0.2) is 22.6 Å². The number of nitrogens with one attached hydrogen (secondary N) is 1. The molecule has 0 saturated heterocycles. The van der Waals surface area contributed by atoms with Crippen LogP contribution in [0.2, 0.25) is 0 Å². The highest BCUT2D eigenvalue weighted by Crippen LogP contribution is 2.28. The molecule has 2 aromatic rings. The Morgan fingerprint density at radius 3 is 2.77 bits per heavy atom. The standard InChI is InChI=1S/C16H19N3O3/c1-4-15-19-12(9-17)16(22-15)18-10-11-6-7-13(21-5-2)14(8-11)20-3/h6-8,18H,4-5,10H2,1-3H3. The minimum Gasteiger partial charge on any atom is -0.493 e. The number of methoxy groups -OCH3 is 1. The fourth-order valence-electron chi connectivity index (χ4n) is 1.99. The molecule has 0 spiro atoms. The molecule has 0 aliphatic carbocycles. The quantitative estimate of drug-likeness (QED) is 0.846. The number of hydrogen-bond donors (Lipinski definition) is 1. The maximum Gasteiger partial charge on any atom is 0.232 e. The molecule has 0 amide bonds. The van der Waals surface area contributed by atoms with Gasteiger partial charge in [-0.2, -0.15) is 5.26 Å². The lowest BCUT2D eigenvalue weighted by molar-refractivity contribution is 0.310. The predicted molar refractivity (Wildman–Crippen MR) is 82.1 cm³/mol. The van der Waals surface area contributed by atoms with Crippen molar-refractivity contribution < 1.29 is 13.9 Å². The van der Waals surface area contributed by atoms with Gasteiger partial charge in [0.15, 0.2) is 17.4 Å². The van der Waals surface area contributed by atoms with Gasteiger partial charge in [0.2, 0.25) is 11.6 Å². The largest absolute Gasteiger partial charge is 0.493 e. The van der Waals surface area contributed by atoms with E-state index in [9.17, 15) is 0 Å². The van der Waals surface area contributed by atoms with Gasteiger partial charge < -0.3 is 19.2 Å². The number of rotatable bonds is 7. The summed E-state index contributed by atoms with van der Waals surface area (Å²) in [6.45, 7) is 4.93. The van der Waals surface area contributed by atoms with Gasteiger partial charge in [-0.3, -0.25) is 0 Å². The van der Waals surface area contributed by atoms with Crippen LogP contribution in [0, 0.1) is 11.3 Å². The van der Waals surface area contributed by atoms with Crippen molar-refractivity contribution >= 4 is 5.88 Å².